The molecule has 0 unspecified atom stereocenters. The highest BCUT2D eigenvalue weighted by Crippen LogP contribution is 2.27. The molecule has 1 N–H and O–H groups in total. The quantitative estimate of drug-likeness (QED) is 0.191. The number of benzene rings is 3. The minimum absolute atomic E-state index is 0.0417. The van der Waals surface area contributed by atoms with Crippen molar-refractivity contribution in [2.45, 2.75) is 17.5 Å². The van der Waals surface area contributed by atoms with Gasteiger partial charge in [-0.3, -0.25) is 19.5 Å². The second-order valence-corrected chi connectivity index (χ2v) is 8.50. The molecule has 0 saturated heterocycles. The van der Waals surface area contributed by atoms with Crippen LogP contribution in [0.3, 0.4) is 0 Å². The Morgan fingerprint density at radius 2 is 1.56 bits per heavy atom. The molecule has 1 aromatic heterocycles. The number of non-ortho nitro benzene ring substituents is 1. The first-order valence-corrected chi connectivity index (χ1v) is 11.8. The molecule has 3 aromatic carbocycles. The van der Waals surface area contributed by atoms with E-state index in [1.54, 1.807) is 50.6 Å². The number of nitro groups is 1. The van der Waals surface area contributed by atoms with Crippen molar-refractivity contribution in [3.63, 3.8) is 0 Å². The third-order valence-electron chi connectivity index (χ3n) is 5.31. The summed E-state index contributed by atoms with van der Waals surface area (Å²) in [5.74, 6) is 2.21. The Bertz CT molecular complexity index is 1340. The predicted octanol–water partition coefficient (Wildman–Crippen LogP) is 4.42. The molecule has 4 aromatic rings. The molecular formula is C25H23N5O5S. The molecule has 10 nitrogen and oxygen atoms in total. The summed E-state index contributed by atoms with van der Waals surface area (Å²) in [6.07, 6.45) is 0. The Labute approximate surface area is 211 Å². The maximum absolute atomic E-state index is 12.7. The van der Waals surface area contributed by atoms with Gasteiger partial charge in [-0.05, 0) is 54.1 Å². The number of nitro benzene ring substituents is 1. The number of ether oxygens (including phenoxy) is 2. The van der Waals surface area contributed by atoms with E-state index in [1.165, 1.54) is 23.9 Å². The first kappa shape index (κ1) is 24.7. The molecule has 184 valence electrons. The van der Waals surface area contributed by atoms with Gasteiger partial charge in [0.25, 0.3) is 11.6 Å². The Morgan fingerprint density at radius 3 is 2.14 bits per heavy atom. The van der Waals surface area contributed by atoms with E-state index >= 15 is 0 Å². The minimum Gasteiger partial charge on any atom is -0.497 e. The fraction of sp³-hybridized carbons (Fsp3) is 0.160. The number of hydrogen-bond donors (Lipinski definition) is 1. The van der Waals surface area contributed by atoms with Gasteiger partial charge in [-0.25, -0.2) is 0 Å². The Kier molecular flexibility index (Phi) is 7.81. The highest BCUT2D eigenvalue weighted by atomic mass is 32.2. The molecule has 0 aliphatic heterocycles. The topological polar surface area (TPSA) is 121 Å². The van der Waals surface area contributed by atoms with Crippen molar-refractivity contribution in [3.8, 4) is 17.2 Å². The summed E-state index contributed by atoms with van der Waals surface area (Å²) in [5, 5.41) is 23.1. The van der Waals surface area contributed by atoms with Crippen LogP contribution >= 0.6 is 11.8 Å². The van der Waals surface area contributed by atoms with Gasteiger partial charge in [-0.1, -0.05) is 23.9 Å². The van der Waals surface area contributed by atoms with Gasteiger partial charge in [0.15, 0.2) is 11.0 Å². The molecule has 4 rings (SSSR count). The van der Waals surface area contributed by atoms with Crippen LogP contribution in [0.25, 0.3) is 5.69 Å². The molecular weight excluding hydrogens is 482 g/mol. The Balaban J connectivity index is 1.54. The van der Waals surface area contributed by atoms with E-state index in [2.05, 4.69) is 15.5 Å². The summed E-state index contributed by atoms with van der Waals surface area (Å²) in [4.78, 5) is 23.1. The highest BCUT2D eigenvalue weighted by Gasteiger charge is 2.17. The number of methoxy groups -OCH3 is 2. The summed E-state index contributed by atoms with van der Waals surface area (Å²) < 4.78 is 12.3. The summed E-state index contributed by atoms with van der Waals surface area (Å²) in [6, 6.07) is 20.6. The normalized spacial score (nSPS) is 10.6. The van der Waals surface area contributed by atoms with Crippen molar-refractivity contribution in [3.05, 3.63) is 99.9 Å². The largest absolute Gasteiger partial charge is 0.497 e. The van der Waals surface area contributed by atoms with Gasteiger partial charge in [0.2, 0.25) is 0 Å². The van der Waals surface area contributed by atoms with E-state index in [1.807, 2.05) is 28.8 Å². The number of hydrogen-bond acceptors (Lipinski definition) is 8. The lowest BCUT2D eigenvalue weighted by molar-refractivity contribution is -0.384. The lowest BCUT2D eigenvalue weighted by Gasteiger charge is -2.12. The number of amides is 1. The highest BCUT2D eigenvalue weighted by molar-refractivity contribution is 7.98. The van der Waals surface area contributed by atoms with Crippen LogP contribution in [-0.4, -0.2) is 39.8 Å². The molecule has 11 heteroatoms. The van der Waals surface area contributed by atoms with Crippen LogP contribution in [-0.2, 0) is 12.3 Å². The average molecular weight is 506 g/mol. The van der Waals surface area contributed by atoms with E-state index in [0.29, 0.717) is 33.8 Å². The maximum atomic E-state index is 12.7. The molecule has 0 saturated carbocycles. The fourth-order valence-electron chi connectivity index (χ4n) is 3.36. The van der Waals surface area contributed by atoms with Crippen LogP contribution in [0.15, 0.2) is 78.0 Å². The second-order valence-electron chi connectivity index (χ2n) is 7.56. The molecule has 0 atom stereocenters. The van der Waals surface area contributed by atoms with Crippen molar-refractivity contribution < 1.29 is 19.2 Å². The fourth-order valence-corrected chi connectivity index (χ4v) is 4.29. The summed E-state index contributed by atoms with van der Waals surface area (Å²) in [7, 11) is 3.16. The average Bonchev–Trinajstić information content (AvgIpc) is 3.33. The first-order valence-electron chi connectivity index (χ1n) is 10.9. The van der Waals surface area contributed by atoms with E-state index in [9.17, 15) is 14.9 Å². The van der Waals surface area contributed by atoms with Gasteiger partial charge >= 0.3 is 0 Å². The monoisotopic (exact) mass is 505 g/mol. The molecule has 0 aliphatic rings. The van der Waals surface area contributed by atoms with Crippen LogP contribution in [0, 0.1) is 10.1 Å². The lowest BCUT2D eigenvalue weighted by Crippen LogP contribution is -2.24. The van der Waals surface area contributed by atoms with Crippen LogP contribution in [0.5, 0.6) is 11.5 Å². The molecule has 0 fully saturated rings. The molecule has 0 aliphatic carbocycles. The number of carbonyl (C=O) groups excluding carboxylic acids is 1. The van der Waals surface area contributed by atoms with Crippen molar-refractivity contribution in [1.82, 2.24) is 20.1 Å². The molecule has 36 heavy (non-hydrogen) atoms. The van der Waals surface area contributed by atoms with Gasteiger partial charge in [0.05, 0.1) is 25.7 Å². The van der Waals surface area contributed by atoms with Crippen molar-refractivity contribution >= 4 is 23.4 Å². The number of carbonyl (C=O) groups is 1. The van der Waals surface area contributed by atoms with Gasteiger partial charge in [-0.2, -0.15) is 0 Å². The predicted molar refractivity (Wildman–Crippen MR) is 135 cm³/mol. The van der Waals surface area contributed by atoms with E-state index < -0.39 is 4.92 Å². The Hall–Kier alpha value is -4.38. The third-order valence-corrected chi connectivity index (χ3v) is 6.31. The van der Waals surface area contributed by atoms with Crippen LogP contribution in [0.4, 0.5) is 5.69 Å². The number of thioether (sulfide) groups is 1. The molecule has 0 bridgehead atoms. The van der Waals surface area contributed by atoms with E-state index in [0.717, 1.165) is 11.3 Å². The summed E-state index contributed by atoms with van der Waals surface area (Å²) in [6.45, 7) is 0.155. The van der Waals surface area contributed by atoms with Gasteiger partial charge in [0, 0.05) is 29.1 Å². The zero-order valence-corrected chi connectivity index (χ0v) is 20.4. The number of aromatic nitrogens is 3. The second kappa shape index (κ2) is 11.4. The lowest BCUT2D eigenvalue weighted by atomic mass is 10.2. The minimum atomic E-state index is -0.427. The zero-order valence-electron chi connectivity index (χ0n) is 19.6. The van der Waals surface area contributed by atoms with Gasteiger partial charge in [-0.15, -0.1) is 10.2 Å². The first-order chi connectivity index (χ1) is 17.5. The van der Waals surface area contributed by atoms with Crippen molar-refractivity contribution in [1.29, 1.82) is 0 Å². The molecule has 0 radical (unpaired) electrons. The SMILES string of the molecule is COc1ccc(C(=O)NCc2nnc(SCc3ccc([N+](=O)[O-])cc3)n2-c2ccc(OC)cc2)cc1. The number of nitrogens with one attached hydrogen (secondary N) is 1. The molecule has 1 heterocycles. The van der Waals surface area contributed by atoms with E-state index in [-0.39, 0.29) is 18.1 Å². The van der Waals surface area contributed by atoms with Crippen LogP contribution in [0.2, 0.25) is 0 Å². The van der Waals surface area contributed by atoms with Crippen molar-refractivity contribution in [2.24, 2.45) is 0 Å². The number of nitrogens with zero attached hydrogens (tertiary/aromatic N) is 4. The van der Waals surface area contributed by atoms with Crippen molar-refractivity contribution in [2.75, 3.05) is 14.2 Å². The summed E-state index contributed by atoms with van der Waals surface area (Å²) in [5.41, 5.74) is 2.25. The van der Waals surface area contributed by atoms with E-state index in [4.69, 9.17) is 9.47 Å². The molecule has 1 amide bonds. The molecule has 0 spiro atoms. The summed E-state index contributed by atoms with van der Waals surface area (Å²) >= 11 is 1.44. The Morgan fingerprint density at radius 1 is 0.944 bits per heavy atom. The maximum Gasteiger partial charge on any atom is 0.269 e. The van der Waals surface area contributed by atoms with Gasteiger partial charge < -0.3 is 14.8 Å². The standard InChI is InChI=1S/C25H23N5O5S/c1-34-21-11-5-18(6-12-21)24(31)26-15-23-27-28-25(29(23)19-9-13-22(35-2)14-10-19)36-16-17-3-7-20(8-4-17)30(32)33/h3-14H,15-16H2,1-2H3,(H,26,31). The van der Waals surface area contributed by atoms with Crippen LogP contribution < -0.4 is 14.8 Å². The van der Waals surface area contributed by atoms with Crippen LogP contribution in [0.1, 0.15) is 21.7 Å². The third kappa shape index (κ3) is 5.81. The number of rotatable bonds is 10. The zero-order chi connectivity index (χ0) is 25.5. The smallest absolute Gasteiger partial charge is 0.269 e. The van der Waals surface area contributed by atoms with Gasteiger partial charge in [0.1, 0.15) is 11.5 Å².